The van der Waals surface area contributed by atoms with Gasteiger partial charge in [0.15, 0.2) is 0 Å². The zero-order valence-electron chi connectivity index (χ0n) is 10.6. The highest BCUT2D eigenvalue weighted by Gasteiger charge is 2.37. The molecule has 0 radical (unpaired) electrons. The average molecular weight is 272 g/mol. The number of thioether (sulfide) groups is 2. The van der Waals surface area contributed by atoms with Crippen molar-refractivity contribution in [3.8, 4) is 0 Å². The summed E-state index contributed by atoms with van der Waals surface area (Å²) in [5.74, 6) is 4.11. The third kappa shape index (κ3) is 3.14. The van der Waals surface area contributed by atoms with Gasteiger partial charge in [-0.25, -0.2) is 0 Å². The summed E-state index contributed by atoms with van der Waals surface area (Å²) in [7, 11) is 0. The van der Waals surface area contributed by atoms with Gasteiger partial charge in [0.1, 0.15) is 0 Å². The van der Waals surface area contributed by atoms with Crippen LogP contribution in [0.4, 0.5) is 0 Å². The Morgan fingerprint density at radius 1 is 1.24 bits per heavy atom. The lowest BCUT2D eigenvalue weighted by Gasteiger charge is -2.43. The van der Waals surface area contributed by atoms with Gasteiger partial charge in [0, 0.05) is 54.2 Å². The van der Waals surface area contributed by atoms with E-state index in [0.29, 0.717) is 5.54 Å². The van der Waals surface area contributed by atoms with Crippen molar-refractivity contribution in [1.82, 2.24) is 10.2 Å². The number of rotatable bonds is 2. The predicted molar refractivity (Wildman–Crippen MR) is 79.2 cm³/mol. The molecule has 1 spiro atoms. The fourth-order valence-electron chi connectivity index (χ4n) is 3.51. The van der Waals surface area contributed by atoms with Crippen LogP contribution in [0.25, 0.3) is 0 Å². The summed E-state index contributed by atoms with van der Waals surface area (Å²) < 4.78 is 0. The van der Waals surface area contributed by atoms with Crippen molar-refractivity contribution in [2.24, 2.45) is 0 Å². The lowest BCUT2D eigenvalue weighted by Crippen LogP contribution is -2.59. The van der Waals surface area contributed by atoms with Gasteiger partial charge in [-0.3, -0.25) is 4.90 Å². The van der Waals surface area contributed by atoms with E-state index in [2.05, 4.69) is 33.7 Å². The summed E-state index contributed by atoms with van der Waals surface area (Å²) in [6.07, 6.45) is 5.70. The first-order valence-electron chi connectivity index (χ1n) is 7.03. The number of hydrogen-bond donors (Lipinski definition) is 1. The molecule has 0 aromatic heterocycles. The summed E-state index contributed by atoms with van der Waals surface area (Å²) in [6, 6.07) is 0. The van der Waals surface area contributed by atoms with Crippen LogP contribution in [0.5, 0.6) is 0 Å². The lowest BCUT2D eigenvalue weighted by molar-refractivity contribution is 0.136. The van der Waals surface area contributed by atoms with Crippen LogP contribution in [-0.2, 0) is 0 Å². The molecule has 98 valence electrons. The van der Waals surface area contributed by atoms with Crippen LogP contribution in [0.2, 0.25) is 0 Å². The molecule has 0 aromatic rings. The van der Waals surface area contributed by atoms with Gasteiger partial charge in [0.2, 0.25) is 0 Å². The van der Waals surface area contributed by atoms with E-state index in [9.17, 15) is 0 Å². The summed E-state index contributed by atoms with van der Waals surface area (Å²) in [6.45, 7) is 5.13. The fraction of sp³-hybridized carbons (Fsp3) is 1.00. The number of nitrogens with one attached hydrogen (secondary N) is 1. The van der Waals surface area contributed by atoms with Gasteiger partial charge < -0.3 is 5.32 Å². The monoisotopic (exact) mass is 272 g/mol. The van der Waals surface area contributed by atoms with Crippen LogP contribution in [0.3, 0.4) is 0 Å². The van der Waals surface area contributed by atoms with Crippen molar-refractivity contribution < 1.29 is 0 Å². The van der Waals surface area contributed by atoms with Crippen molar-refractivity contribution in [2.45, 2.75) is 36.5 Å². The third-order valence-electron chi connectivity index (χ3n) is 4.36. The Balaban J connectivity index is 1.52. The quantitative estimate of drug-likeness (QED) is 0.827. The molecule has 2 saturated heterocycles. The standard InChI is InChI=1S/C13H24N2S2/c1-2-4-13(3-1)11-15(6-5-14-13)9-12-10-16-7-8-17-12/h12,14H,1-11H2. The van der Waals surface area contributed by atoms with Crippen LogP contribution >= 0.6 is 23.5 Å². The molecule has 0 bridgehead atoms. The van der Waals surface area contributed by atoms with Crippen LogP contribution in [0.15, 0.2) is 0 Å². The molecule has 1 atom stereocenters. The summed E-state index contributed by atoms with van der Waals surface area (Å²) in [4.78, 5) is 2.74. The molecular formula is C13H24N2S2. The highest BCUT2D eigenvalue weighted by molar-refractivity contribution is 8.06. The maximum absolute atomic E-state index is 3.81. The fourth-order valence-corrected chi connectivity index (χ4v) is 6.23. The third-order valence-corrected chi connectivity index (χ3v) is 7.19. The van der Waals surface area contributed by atoms with Crippen LogP contribution < -0.4 is 5.32 Å². The summed E-state index contributed by atoms with van der Waals surface area (Å²) in [5, 5.41) is 4.70. The largest absolute Gasteiger partial charge is 0.309 e. The van der Waals surface area contributed by atoms with E-state index < -0.39 is 0 Å². The van der Waals surface area contributed by atoms with E-state index in [1.165, 1.54) is 69.1 Å². The van der Waals surface area contributed by atoms with E-state index in [0.717, 1.165) is 5.25 Å². The Hall–Kier alpha value is 0.620. The SMILES string of the molecule is C1CCC2(C1)CN(CC1CSCCS1)CCN2. The minimum Gasteiger partial charge on any atom is -0.309 e. The maximum Gasteiger partial charge on any atom is 0.0309 e. The van der Waals surface area contributed by atoms with E-state index in [1.807, 2.05) is 0 Å². The van der Waals surface area contributed by atoms with Crippen molar-refractivity contribution in [3.63, 3.8) is 0 Å². The highest BCUT2D eigenvalue weighted by atomic mass is 32.2. The van der Waals surface area contributed by atoms with Gasteiger partial charge in [-0.2, -0.15) is 23.5 Å². The van der Waals surface area contributed by atoms with Crippen molar-refractivity contribution in [2.75, 3.05) is 43.4 Å². The molecule has 3 aliphatic rings. The normalized spacial score (nSPS) is 34.2. The van der Waals surface area contributed by atoms with Gasteiger partial charge in [0.25, 0.3) is 0 Å². The van der Waals surface area contributed by atoms with Gasteiger partial charge in [-0.15, -0.1) is 0 Å². The Kier molecular flexibility index (Phi) is 4.26. The smallest absolute Gasteiger partial charge is 0.0309 e. The van der Waals surface area contributed by atoms with Crippen LogP contribution in [-0.4, -0.2) is 59.1 Å². The molecule has 1 N–H and O–H groups in total. The summed E-state index contributed by atoms with van der Waals surface area (Å²) in [5.41, 5.74) is 0.505. The first-order chi connectivity index (χ1) is 8.36. The Morgan fingerprint density at radius 3 is 2.88 bits per heavy atom. The minimum absolute atomic E-state index is 0.505. The van der Waals surface area contributed by atoms with E-state index in [-0.39, 0.29) is 0 Å². The Bertz CT molecular complexity index is 248. The number of piperazine rings is 1. The van der Waals surface area contributed by atoms with Crippen LogP contribution in [0, 0.1) is 0 Å². The zero-order chi connectivity index (χ0) is 11.6. The molecule has 1 unspecified atom stereocenters. The van der Waals surface area contributed by atoms with Gasteiger partial charge in [-0.05, 0) is 12.8 Å². The first-order valence-corrected chi connectivity index (χ1v) is 9.23. The topological polar surface area (TPSA) is 15.3 Å². The average Bonchev–Trinajstić information content (AvgIpc) is 2.79. The molecule has 2 aliphatic heterocycles. The molecule has 0 aromatic carbocycles. The van der Waals surface area contributed by atoms with Gasteiger partial charge in [-0.1, -0.05) is 12.8 Å². The molecule has 3 rings (SSSR count). The van der Waals surface area contributed by atoms with Crippen molar-refractivity contribution in [3.05, 3.63) is 0 Å². The van der Waals surface area contributed by atoms with Crippen molar-refractivity contribution in [1.29, 1.82) is 0 Å². The lowest BCUT2D eigenvalue weighted by atomic mass is 9.94. The van der Waals surface area contributed by atoms with Crippen molar-refractivity contribution >= 4 is 23.5 Å². The second kappa shape index (κ2) is 5.72. The Morgan fingerprint density at radius 2 is 2.12 bits per heavy atom. The second-order valence-corrected chi connectivity index (χ2v) is 8.28. The molecule has 2 heterocycles. The first kappa shape index (κ1) is 12.6. The van der Waals surface area contributed by atoms with Gasteiger partial charge in [0.05, 0.1) is 0 Å². The zero-order valence-corrected chi connectivity index (χ0v) is 12.3. The number of nitrogens with zero attached hydrogens (tertiary/aromatic N) is 1. The Labute approximate surface area is 114 Å². The maximum atomic E-state index is 3.81. The van der Waals surface area contributed by atoms with E-state index in [1.54, 1.807) is 0 Å². The molecule has 1 aliphatic carbocycles. The summed E-state index contributed by atoms with van der Waals surface area (Å²) >= 11 is 4.36. The van der Waals surface area contributed by atoms with Gasteiger partial charge >= 0.3 is 0 Å². The molecular weight excluding hydrogens is 248 g/mol. The molecule has 17 heavy (non-hydrogen) atoms. The molecule has 3 fully saturated rings. The highest BCUT2D eigenvalue weighted by Crippen LogP contribution is 2.33. The number of hydrogen-bond acceptors (Lipinski definition) is 4. The second-order valence-electron chi connectivity index (χ2n) is 5.72. The minimum atomic E-state index is 0.505. The van der Waals surface area contributed by atoms with Crippen LogP contribution in [0.1, 0.15) is 25.7 Å². The molecule has 0 amide bonds. The predicted octanol–water partition coefficient (Wildman–Crippen LogP) is 2.05. The molecule has 1 saturated carbocycles. The van der Waals surface area contributed by atoms with E-state index >= 15 is 0 Å². The van der Waals surface area contributed by atoms with E-state index in [4.69, 9.17) is 0 Å². The molecule has 2 nitrogen and oxygen atoms in total. The molecule has 4 heteroatoms.